The molecule has 0 saturated carbocycles. The largest absolute Gasteiger partial charge is 0.480 e. The quantitative estimate of drug-likeness (QED) is 0.825. The van der Waals surface area contributed by atoms with E-state index in [1.807, 2.05) is 0 Å². The number of ether oxygens (including phenoxy) is 1. The van der Waals surface area contributed by atoms with Gasteiger partial charge in [-0.05, 0) is 21.9 Å². The van der Waals surface area contributed by atoms with Crippen LogP contribution < -0.4 is 0 Å². The Labute approximate surface area is 122 Å². The zero-order valence-electron chi connectivity index (χ0n) is 10.7. The number of carbonyl (C=O) groups excluding carboxylic acids is 1. The van der Waals surface area contributed by atoms with Crippen molar-refractivity contribution in [1.82, 2.24) is 25.1 Å². The van der Waals surface area contributed by atoms with Gasteiger partial charge in [-0.2, -0.15) is 4.68 Å². The topological polar surface area (TPSA) is 110 Å². The molecular formula is C11H11N5O4S. The second-order valence-corrected chi connectivity index (χ2v) is 5.23. The lowest BCUT2D eigenvalue weighted by molar-refractivity contribution is -0.147. The summed E-state index contributed by atoms with van der Waals surface area (Å²) >= 11 is 1.22. The third kappa shape index (κ3) is 2.50. The van der Waals surface area contributed by atoms with Crippen LogP contribution in [-0.2, 0) is 9.53 Å². The maximum Gasteiger partial charge on any atom is 0.328 e. The van der Waals surface area contributed by atoms with E-state index in [-0.39, 0.29) is 19.1 Å². The van der Waals surface area contributed by atoms with Gasteiger partial charge in [-0.3, -0.25) is 4.79 Å². The molecule has 3 heterocycles. The molecule has 1 amide bonds. The van der Waals surface area contributed by atoms with Crippen LogP contribution in [0, 0.1) is 0 Å². The summed E-state index contributed by atoms with van der Waals surface area (Å²) in [6.07, 6.45) is 1.38. The van der Waals surface area contributed by atoms with Gasteiger partial charge in [0, 0.05) is 6.54 Å². The van der Waals surface area contributed by atoms with Gasteiger partial charge in [-0.25, -0.2) is 4.79 Å². The first kappa shape index (κ1) is 13.6. The van der Waals surface area contributed by atoms with E-state index in [2.05, 4.69) is 15.5 Å². The van der Waals surface area contributed by atoms with Crippen LogP contribution in [-0.4, -0.2) is 67.9 Å². The minimum atomic E-state index is -1.08. The number of carboxylic acid groups (broad SMARTS) is 1. The molecular weight excluding hydrogens is 298 g/mol. The number of hydrogen-bond acceptors (Lipinski definition) is 7. The number of rotatable bonds is 3. The molecule has 1 unspecified atom stereocenters. The Morgan fingerprint density at radius 1 is 1.48 bits per heavy atom. The summed E-state index contributed by atoms with van der Waals surface area (Å²) in [5, 5.41) is 21.8. The molecule has 1 atom stereocenters. The highest BCUT2D eigenvalue weighted by atomic mass is 32.1. The number of hydrogen-bond donors (Lipinski definition) is 1. The van der Waals surface area contributed by atoms with E-state index < -0.39 is 12.0 Å². The van der Waals surface area contributed by atoms with E-state index in [0.717, 1.165) is 0 Å². The average Bonchev–Trinajstić information content (AvgIpc) is 3.16. The molecule has 1 aliphatic rings. The summed E-state index contributed by atoms with van der Waals surface area (Å²) in [4.78, 5) is 25.6. The first-order valence-corrected chi connectivity index (χ1v) is 6.99. The van der Waals surface area contributed by atoms with Crippen molar-refractivity contribution < 1.29 is 19.4 Å². The zero-order valence-corrected chi connectivity index (χ0v) is 11.6. The number of morpholine rings is 1. The van der Waals surface area contributed by atoms with Crippen LogP contribution in [0.5, 0.6) is 0 Å². The van der Waals surface area contributed by atoms with Gasteiger partial charge in [0.1, 0.15) is 11.2 Å². The summed E-state index contributed by atoms with van der Waals surface area (Å²) in [7, 11) is 0. The van der Waals surface area contributed by atoms with Crippen molar-refractivity contribution in [1.29, 1.82) is 0 Å². The van der Waals surface area contributed by atoms with Crippen molar-refractivity contribution in [2.45, 2.75) is 6.04 Å². The van der Waals surface area contributed by atoms with Gasteiger partial charge >= 0.3 is 5.97 Å². The molecule has 0 aliphatic carbocycles. The molecule has 21 heavy (non-hydrogen) atoms. The maximum absolute atomic E-state index is 12.6. The fourth-order valence-electron chi connectivity index (χ4n) is 2.10. The molecule has 110 valence electrons. The smallest absolute Gasteiger partial charge is 0.328 e. The van der Waals surface area contributed by atoms with E-state index in [1.165, 1.54) is 27.2 Å². The normalized spacial score (nSPS) is 18.7. The molecule has 0 aromatic carbocycles. The van der Waals surface area contributed by atoms with Crippen LogP contribution in [0.2, 0.25) is 0 Å². The van der Waals surface area contributed by atoms with Crippen LogP contribution in [0.3, 0.4) is 0 Å². The number of carbonyl (C=O) groups is 2. The molecule has 1 saturated heterocycles. The zero-order chi connectivity index (χ0) is 14.8. The van der Waals surface area contributed by atoms with Crippen LogP contribution in [0.25, 0.3) is 5.69 Å². The van der Waals surface area contributed by atoms with E-state index in [4.69, 9.17) is 4.74 Å². The molecule has 9 nitrogen and oxygen atoms in total. The average molecular weight is 309 g/mol. The monoisotopic (exact) mass is 309 g/mol. The molecule has 0 radical (unpaired) electrons. The summed E-state index contributed by atoms with van der Waals surface area (Å²) in [5.41, 5.74) is 0.533. The fraction of sp³-hybridized carbons (Fsp3) is 0.364. The van der Waals surface area contributed by atoms with Gasteiger partial charge < -0.3 is 14.7 Å². The lowest BCUT2D eigenvalue weighted by Gasteiger charge is -2.32. The van der Waals surface area contributed by atoms with Gasteiger partial charge in [0.2, 0.25) is 0 Å². The Bertz CT molecular complexity index is 655. The van der Waals surface area contributed by atoms with Crippen LogP contribution in [0.1, 0.15) is 9.67 Å². The van der Waals surface area contributed by atoms with Gasteiger partial charge in [-0.1, -0.05) is 0 Å². The van der Waals surface area contributed by atoms with Gasteiger partial charge in [0.15, 0.2) is 6.04 Å². The lowest BCUT2D eigenvalue weighted by Crippen LogP contribution is -2.52. The van der Waals surface area contributed by atoms with Crippen molar-refractivity contribution in [2.75, 3.05) is 19.8 Å². The number of carboxylic acids is 1. The number of aliphatic carboxylic acids is 1. The third-order valence-corrected chi connectivity index (χ3v) is 4.00. The SMILES string of the molecule is O=C(O)C1COCCN1C(=O)c1sccc1-n1cnnn1. The second kappa shape index (κ2) is 5.58. The Morgan fingerprint density at radius 3 is 3.05 bits per heavy atom. The number of tetrazole rings is 1. The summed E-state index contributed by atoms with van der Waals surface area (Å²) in [6, 6.07) is 0.736. The van der Waals surface area contributed by atoms with Crippen molar-refractivity contribution >= 4 is 23.2 Å². The lowest BCUT2D eigenvalue weighted by atomic mass is 10.2. The highest BCUT2D eigenvalue weighted by molar-refractivity contribution is 7.12. The predicted molar refractivity (Wildman–Crippen MR) is 70.3 cm³/mol. The molecule has 2 aromatic rings. The molecule has 2 aromatic heterocycles. The molecule has 1 aliphatic heterocycles. The highest BCUT2D eigenvalue weighted by Crippen LogP contribution is 2.23. The highest BCUT2D eigenvalue weighted by Gasteiger charge is 2.34. The molecule has 0 bridgehead atoms. The summed E-state index contributed by atoms with van der Waals surface area (Å²) < 4.78 is 6.51. The van der Waals surface area contributed by atoms with Crippen LogP contribution >= 0.6 is 11.3 Å². The minimum absolute atomic E-state index is 0.00728. The Hall–Kier alpha value is -2.33. The van der Waals surface area contributed by atoms with Crippen LogP contribution in [0.15, 0.2) is 17.8 Å². The number of aromatic nitrogens is 4. The number of nitrogens with zero attached hydrogens (tertiary/aromatic N) is 5. The van der Waals surface area contributed by atoms with Gasteiger partial charge in [0.25, 0.3) is 5.91 Å². The third-order valence-electron chi connectivity index (χ3n) is 3.11. The van der Waals surface area contributed by atoms with E-state index in [1.54, 1.807) is 11.4 Å². The molecule has 1 fully saturated rings. The van der Waals surface area contributed by atoms with E-state index in [9.17, 15) is 14.7 Å². The molecule has 1 N–H and O–H groups in total. The Balaban J connectivity index is 1.92. The standard InChI is InChI=1S/C11H11N5O4S/c17-10(15-2-3-20-5-8(15)11(18)19)9-7(1-4-21-9)16-6-12-13-14-16/h1,4,6,8H,2-3,5H2,(H,18,19). The molecule has 3 rings (SSSR count). The summed E-state index contributed by atoms with van der Waals surface area (Å²) in [6.45, 7) is 0.552. The van der Waals surface area contributed by atoms with Crippen LogP contribution in [0.4, 0.5) is 0 Å². The first-order chi connectivity index (χ1) is 10.2. The van der Waals surface area contributed by atoms with Gasteiger partial charge in [-0.15, -0.1) is 16.4 Å². The number of amides is 1. The Morgan fingerprint density at radius 2 is 2.33 bits per heavy atom. The maximum atomic E-state index is 12.6. The Kier molecular flexibility index (Phi) is 3.62. The van der Waals surface area contributed by atoms with Crippen molar-refractivity contribution in [3.63, 3.8) is 0 Å². The molecule has 0 spiro atoms. The van der Waals surface area contributed by atoms with Crippen molar-refractivity contribution in [3.05, 3.63) is 22.7 Å². The summed E-state index contributed by atoms with van der Waals surface area (Å²) in [5.74, 6) is -1.44. The molecule has 10 heteroatoms. The van der Waals surface area contributed by atoms with E-state index in [0.29, 0.717) is 17.2 Å². The predicted octanol–water partition coefficient (Wildman–Crippen LogP) is -0.351. The fourth-order valence-corrected chi connectivity index (χ4v) is 2.93. The van der Waals surface area contributed by atoms with E-state index >= 15 is 0 Å². The van der Waals surface area contributed by atoms with Crippen molar-refractivity contribution in [2.24, 2.45) is 0 Å². The van der Waals surface area contributed by atoms with Gasteiger partial charge in [0.05, 0.1) is 18.9 Å². The first-order valence-electron chi connectivity index (χ1n) is 6.11. The van der Waals surface area contributed by atoms with Crippen molar-refractivity contribution in [3.8, 4) is 5.69 Å². The number of thiophene rings is 1. The second-order valence-electron chi connectivity index (χ2n) is 4.32. The minimum Gasteiger partial charge on any atom is -0.480 e.